The van der Waals surface area contributed by atoms with Crippen LogP contribution < -0.4 is 0 Å². The Balaban J connectivity index is 1.63. The second-order valence-corrected chi connectivity index (χ2v) is 7.96. The summed E-state index contributed by atoms with van der Waals surface area (Å²) in [5, 5.41) is 30.3. The van der Waals surface area contributed by atoms with Crippen molar-refractivity contribution in [1.29, 1.82) is 0 Å². The van der Waals surface area contributed by atoms with Gasteiger partial charge in [0.15, 0.2) is 0 Å². The highest BCUT2D eigenvalue weighted by Crippen LogP contribution is 2.50. The molecule has 11 nitrogen and oxygen atoms in total. The normalized spacial score (nSPS) is 27.4. The third kappa shape index (κ3) is 2.29. The number of carboxylic acids is 1. The Labute approximate surface area is 149 Å². The molecule has 1 aromatic heterocycles. The highest BCUT2D eigenvalue weighted by molar-refractivity contribution is 8.06. The van der Waals surface area contributed by atoms with Gasteiger partial charge in [-0.25, -0.2) is 14.3 Å². The summed E-state index contributed by atoms with van der Waals surface area (Å²) in [6, 6.07) is -1.19. The van der Waals surface area contributed by atoms with Crippen LogP contribution in [0.3, 0.4) is 0 Å². The standard InChI is InChI=1S/C12H12N6O5S2/c1-16-11(13-14-15-16)24-3-5-7(10(20)21)18-6-4(25-5)2-17(12(22)23)8(6)9(18)19/h4,6,8H,2-3H2,1H3,(H,20,21)(H,22,23)/t4-,6-,8+/m1/s1. The number of nitrogens with zero attached hydrogens (tertiary/aromatic N) is 6. The lowest BCUT2D eigenvalue weighted by atomic mass is 9.94. The van der Waals surface area contributed by atoms with Gasteiger partial charge in [-0.05, 0) is 10.4 Å². The molecule has 3 atom stereocenters. The number of tetrazole rings is 1. The van der Waals surface area contributed by atoms with Crippen molar-refractivity contribution in [2.24, 2.45) is 7.05 Å². The Bertz CT molecular complexity index is 825. The van der Waals surface area contributed by atoms with E-state index in [-0.39, 0.29) is 23.2 Å². The number of hydrogen-bond donors (Lipinski definition) is 2. The molecule has 0 saturated carbocycles. The lowest BCUT2D eigenvalue weighted by molar-refractivity contribution is -0.153. The van der Waals surface area contributed by atoms with Crippen molar-refractivity contribution in [3.8, 4) is 0 Å². The molecule has 0 unspecified atom stereocenters. The number of rotatable bonds is 4. The minimum absolute atomic E-state index is 0.0673. The third-order valence-electron chi connectivity index (χ3n) is 4.37. The van der Waals surface area contributed by atoms with Crippen molar-refractivity contribution in [2.45, 2.75) is 22.5 Å². The summed E-state index contributed by atoms with van der Waals surface area (Å²) in [6.45, 7) is 0.199. The Kier molecular flexibility index (Phi) is 3.64. The molecular weight excluding hydrogens is 372 g/mol. The molecule has 2 saturated heterocycles. The quantitative estimate of drug-likeness (QED) is 0.505. The second-order valence-electron chi connectivity index (χ2n) is 5.69. The maximum atomic E-state index is 12.4. The summed E-state index contributed by atoms with van der Waals surface area (Å²) < 4.78 is 1.47. The monoisotopic (exact) mass is 384 g/mol. The van der Waals surface area contributed by atoms with E-state index < -0.39 is 30.1 Å². The smallest absolute Gasteiger partial charge is 0.408 e. The Morgan fingerprint density at radius 2 is 2.16 bits per heavy atom. The number of aliphatic carboxylic acids is 1. The highest BCUT2D eigenvalue weighted by Gasteiger charge is 2.64. The Hall–Kier alpha value is -2.28. The van der Waals surface area contributed by atoms with Crippen LogP contribution in [-0.2, 0) is 16.6 Å². The van der Waals surface area contributed by atoms with E-state index in [9.17, 15) is 24.6 Å². The SMILES string of the molecule is Cn1nnnc1SCC1=C(C(=O)O)N2C(=O)[C@@H]3[C@H]2[C@@H](CN3C(=O)O)S1. The van der Waals surface area contributed by atoms with Crippen molar-refractivity contribution in [2.75, 3.05) is 12.3 Å². The van der Waals surface area contributed by atoms with Crippen molar-refractivity contribution >= 4 is 41.5 Å². The van der Waals surface area contributed by atoms with E-state index in [1.54, 1.807) is 7.05 Å². The summed E-state index contributed by atoms with van der Waals surface area (Å²) in [5.74, 6) is -1.39. The number of hydrogen-bond acceptors (Lipinski definition) is 8. The first-order chi connectivity index (χ1) is 11.9. The van der Waals surface area contributed by atoms with Crippen molar-refractivity contribution in [3.63, 3.8) is 0 Å². The van der Waals surface area contributed by atoms with Gasteiger partial charge in [-0.3, -0.25) is 14.6 Å². The van der Waals surface area contributed by atoms with Crippen LogP contribution in [0.1, 0.15) is 0 Å². The number of thioether (sulfide) groups is 2. The average Bonchev–Trinajstić information content (AvgIpc) is 3.12. The predicted molar refractivity (Wildman–Crippen MR) is 84.7 cm³/mol. The molecular formula is C12H12N6O5S2. The molecule has 2 amide bonds. The topological polar surface area (TPSA) is 142 Å². The van der Waals surface area contributed by atoms with Crippen LogP contribution in [0.25, 0.3) is 0 Å². The number of carbonyl (C=O) groups excluding carboxylic acids is 1. The van der Waals surface area contributed by atoms with Gasteiger partial charge in [0.1, 0.15) is 11.7 Å². The molecule has 0 spiro atoms. The first-order valence-electron chi connectivity index (χ1n) is 7.21. The predicted octanol–water partition coefficient (Wildman–Crippen LogP) is -0.713. The van der Waals surface area contributed by atoms with Gasteiger partial charge >= 0.3 is 12.1 Å². The molecule has 13 heteroatoms. The zero-order valence-electron chi connectivity index (χ0n) is 12.8. The molecule has 0 bridgehead atoms. The van der Waals surface area contributed by atoms with Crippen molar-refractivity contribution < 1.29 is 24.6 Å². The van der Waals surface area contributed by atoms with Gasteiger partial charge in [0.05, 0.1) is 11.3 Å². The minimum atomic E-state index is -1.20. The summed E-state index contributed by atoms with van der Waals surface area (Å²) in [6.07, 6.45) is -1.16. The number of amides is 2. The largest absolute Gasteiger partial charge is 0.477 e. The van der Waals surface area contributed by atoms with Crippen LogP contribution in [-0.4, -0.2) is 87.8 Å². The molecule has 3 aliphatic rings. The zero-order valence-corrected chi connectivity index (χ0v) is 14.4. The van der Waals surface area contributed by atoms with Crippen LogP contribution in [0.15, 0.2) is 15.8 Å². The number of carboxylic acid groups (broad SMARTS) is 2. The fraction of sp³-hybridized carbons (Fsp3) is 0.500. The summed E-state index contributed by atoms with van der Waals surface area (Å²) in [4.78, 5) is 38.3. The number of carbonyl (C=O) groups is 3. The molecule has 25 heavy (non-hydrogen) atoms. The van der Waals surface area contributed by atoms with Crippen molar-refractivity contribution in [1.82, 2.24) is 30.0 Å². The zero-order chi connectivity index (χ0) is 17.9. The molecule has 4 heterocycles. The molecule has 3 aliphatic heterocycles. The fourth-order valence-electron chi connectivity index (χ4n) is 3.33. The van der Waals surface area contributed by atoms with Crippen LogP contribution >= 0.6 is 23.5 Å². The third-order valence-corrected chi connectivity index (χ3v) is 6.94. The second kappa shape index (κ2) is 5.62. The van der Waals surface area contributed by atoms with E-state index in [2.05, 4.69) is 15.5 Å². The molecule has 0 aliphatic carbocycles. The number of likely N-dealkylation sites (tertiary alicyclic amines) is 1. The number of aryl methyl sites for hydroxylation is 1. The van der Waals surface area contributed by atoms with Gasteiger partial charge in [0.2, 0.25) is 5.16 Å². The van der Waals surface area contributed by atoms with Crippen LogP contribution in [0.2, 0.25) is 0 Å². The van der Waals surface area contributed by atoms with Gasteiger partial charge in [-0.1, -0.05) is 11.8 Å². The number of aromatic nitrogens is 4. The molecule has 2 fully saturated rings. The van der Waals surface area contributed by atoms with Gasteiger partial charge < -0.3 is 10.2 Å². The van der Waals surface area contributed by atoms with E-state index in [1.807, 2.05) is 0 Å². The van der Waals surface area contributed by atoms with Crippen LogP contribution in [0.5, 0.6) is 0 Å². The Morgan fingerprint density at radius 1 is 1.40 bits per heavy atom. The van der Waals surface area contributed by atoms with E-state index in [4.69, 9.17) is 0 Å². The van der Waals surface area contributed by atoms with Gasteiger partial charge in [-0.15, -0.1) is 16.9 Å². The minimum Gasteiger partial charge on any atom is -0.477 e. The average molecular weight is 384 g/mol. The highest BCUT2D eigenvalue weighted by atomic mass is 32.2. The van der Waals surface area contributed by atoms with Gasteiger partial charge in [0.25, 0.3) is 5.91 Å². The lowest BCUT2D eigenvalue weighted by Gasteiger charge is -2.49. The van der Waals surface area contributed by atoms with E-state index >= 15 is 0 Å². The fourth-order valence-corrected chi connectivity index (χ4v) is 5.80. The Morgan fingerprint density at radius 3 is 2.76 bits per heavy atom. The van der Waals surface area contributed by atoms with Crippen LogP contribution in [0.4, 0.5) is 4.79 Å². The molecule has 132 valence electrons. The first kappa shape index (κ1) is 16.2. The van der Waals surface area contributed by atoms with E-state index in [0.717, 1.165) is 4.90 Å². The van der Waals surface area contributed by atoms with E-state index in [1.165, 1.54) is 33.1 Å². The summed E-state index contributed by atoms with van der Waals surface area (Å²) in [5.41, 5.74) is -0.0673. The van der Waals surface area contributed by atoms with Gasteiger partial charge in [0, 0.05) is 24.3 Å². The first-order valence-corrected chi connectivity index (χ1v) is 9.07. The maximum absolute atomic E-state index is 12.4. The van der Waals surface area contributed by atoms with Gasteiger partial charge in [-0.2, -0.15) is 0 Å². The summed E-state index contributed by atoms with van der Waals surface area (Å²) >= 11 is 2.58. The molecule has 4 rings (SSSR count). The number of β-lactam (4-membered cyclic amide) rings is 1. The lowest BCUT2D eigenvalue weighted by Crippen LogP contribution is -2.69. The van der Waals surface area contributed by atoms with E-state index in [0.29, 0.717) is 10.1 Å². The van der Waals surface area contributed by atoms with Crippen molar-refractivity contribution in [3.05, 3.63) is 10.6 Å². The van der Waals surface area contributed by atoms with Crippen LogP contribution in [0, 0.1) is 0 Å². The molecule has 0 radical (unpaired) electrons. The molecule has 1 aromatic rings. The molecule has 0 aromatic carbocycles. The summed E-state index contributed by atoms with van der Waals surface area (Å²) in [7, 11) is 1.67. The molecule has 2 N–H and O–H groups in total. The maximum Gasteiger partial charge on any atom is 0.408 e.